The molecule has 126 valence electrons. The second-order valence-electron chi connectivity index (χ2n) is 6.26. The molecule has 0 spiro atoms. The molecule has 5 heteroatoms. The van der Waals surface area contributed by atoms with E-state index in [4.69, 9.17) is 11.6 Å². The van der Waals surface area contributed by atoms with E-state index in [-0.39, 0.29) is 11.8 Å². The summed E-state index contributed by atoms with van der Waals surface area (Å²) in [5.74, 6) is -0.693. The standard InChI is InChI=1S/C19H21ClN2O2/c1-13-5-4-6-14(11-13)12-21-17(23)19(2,3)18(24)22-16-9-7-15(20)8-10-16/h4-11H,12H2,1-3H3,(H,21,23)(H,22,24). The van der Waals surface area contributed by atoms with Crippen molar-refractivity contribution in [3.8, 4) is 0 Å². The molecular formula is C19H21ClN2O2. The number of hydrogen-bond acceptors (Lipinski definition) is 2. The zero-order chi connectivity index (χ0) is 17.7. The summed E-state index contributed by atoms with van der Waals surface area (Å²) in [5, 5.41) is 6.15. The average Bonchev–Trinajstić information content (AvgIpc) is 2.54. The topological polar surface area (TPSA) is 58.2 Å². The van der Waals surface area contributed by atoms with Crippen molar-refractivity contribution in [3.63, 3.8) is 0 Å². The molecule has 2 amide bonds. The Morgan fingerprint density at radius 2 is 1.71 bits per heavy atom. The van der Waals surface area contributed by atoms with Crippen molar-refractivity contribution < 1.29 is 9.59 Å². The fraction of sp³-hybridized carbons (Fsp3) is 0.263. The minimum atomic E-state index is -1.19. The van der Waals surface area contributed by atoms with E-state index >= 15 is 0 Å². The molecule has 2 aromatic rings. The quantitative estimate of drug-likeness (QED) is 0.807. The maximum Gasteiger partial charge on any atom is 0.239 e. The van der Waals surface area contributed by atoms with Crippen LogP contribution < -0.4 is 10.6 Å². The third-order valence-corrected chi connectivity index (χ3v) is 4.02. The van der Waals surface area contributed by atoms with Gasteiger partial charge in [-0.3, -0.25) is 9.59 Å². The molecule has 2 aromatic carbocycles. The Morgan fingerprint density at radius 1 is 1.04 bits per heavy atom. The molecule has 0 aromatic heterocycles. The van der Waals surface area contributed by atoms with Crippen LogP contribution in [0.3, 0.4) is 0 Å². The first-order chi connectivity index (χ1) is 11.3. The monoisotopic (exact) mass is 344 g/mol. The van der Waals surface area contributed by atoms with Gasteiger partial charge in [0.1, 0.15) is 5.41 Å². The summed E-state index contributed by atoms with van der Waals surface area (Å²) in [6.45, 7) is 5.58. The molecule has 0 saturated heterocycles. The van der Waals surface area contributed by atoms with Gasteiger partial charge in [-0.15, -0.1) is 0 Å². The highest BCUT2D eigenvalue weighted by Gasteiger charge is 2.35. The number of halogens is 1. The summed E-state index contributed by atoms with van der Waals surface area (Å²) in [5.41, 5.74) is 1.53. The molecular weight excluding hydrogens is 324 g/mol. The van der Waals surface area contributed by atoms with E-state index in [0.29, 0.717) is 17.3 Å². The minimum Gasteiger partial charge on any atom is -0.351 e. The first-order valence-corrected chi connectivity index (χ1v) is 8.08. The van der Waals surface area contributed by atoms with Gasteiger partial charge in [0.05, 0.1) is 0 Å². The second-order valence-corrected chi connectivity index (χ2v) is 6.69. The van der Waals surface area contributed by atoms with Crippen molar-refractivity contribution in [1.29, 1.82) is 0 Å². The van der Waals surface area contributed by atoms with Gasteiger partial charge in [-0.1, -0.05) is 41.4 Å². The van der Waals surface area contributed by atoms with Gasteiger partial charge in [0.2, 0.25) is 11.8 Å². The van der Waals surface area contributed by atoms with Crippen molar-refractivity contribution in [1.82, 2.24) is 5.32 Å². The molecule has 24 heavy (non-hydrogen) atoms. The number of aryl methyl sites for hydroxylation is 1. The Labute approximate surface area is 147 Å². The van der Waals surface area contributed by atoms with Gasteiger partial charge in [0.15, 0.2) is 0 Å². The van der Waals surface area contributed by atoms with Crippen LogP contribution in [0.15, 0.2) is 48.5 Å². The Hall–Kier alpha value is -2.33. The summed E-state index contributed by atoms with van der Waals surface area (Å²) < 4.78 is 0. The van der Waals surface area contributed by atoms with E-state index < -0.39 is 5.41 Å². The number of nitrogens with one attached hydrogen (secondary N) is 2. The van der Waals surface area contributed by atoms with Crippen molar-refractivity contribution in [2.45, 2.75) is 27.3 Å². The fourth-order valence-electron chi connectivity index (χ4n) is 2.15. The Bertz CT molecular complexity index is 739. The molecule has 0 heterocycles. The predicted octanol–water partition coefficient (Wildman–Crippen LogP) is 3.93. The number of hydrogen-bond donors (Lipinski definition) is 2. The highest BCUT2D eigenvalue weighted by atomic mass is 35.5. The van der Waals surface area contributed by atoms with Gasteiger partial charge in [0.25, 0.3) is 0 Å². The summed E-state index contributed by atoms with van der Waals surface area (Å²) >= 11 is 5.82. The third kappa shape index (κ3) is 4.59. The van der Waals surface area contributed by atoms with Gasteiger partial charge in [-0.05, 0) is 50.6 Å². The van der Waals surface area contributed by atoms with E-state index in [1.165, 1.54) is 0 Å². The van der Waals surface area contributed by atoms with Crippen LogP contribution in [-0.4, -0.2) is 11.8 Å². The molecule has 2 rings (SSSR count). The summed E-state index contributed by atoms with van der Waals surface area (Å²) in [6.07, 6.45) is 0. The highest BCUT2D eigenvalue weighted by Crippen LogP contribution is 2.20. The first kappa shape index (κ1) is 18.0. The number of anilines is 1. The van der Waals surface area contributed by atoms with Crippen molar-refractivity contribution >= 4 is 29.1 Å². The molecule has 0 radical (unpaired) electrons. The molecule has 0 aliphatic rings. The minimum absolute atomic E-state index is 0.324. The van der Waals surface area contributed by atoms with E-state index in [1.807, 2.05) is 31.2 Å². The maximum absolute atomic E-state index is 12.4. The number of carbonyl (C=O) groups excluding carboxylic acids is 2. The molecule has 2 N–H and O–H groups in total. The zero-order valence-electron chi connectivity index (χ0n) is 14.0. The SMILES string of the molecule is Cc1cccc(CNC(=O)C(C)(C)C(=O)Nc2ccc(Cl)cc2)c1. The first-order valence-electron chi connectivity index (χ1n) is 7.70. The Morgan fingerprint density at radius 3 is 2.33 bits per heavy atom. The smallest absolute Gasteiger partial charge is 0.239 e. The lowest BCUT2D eigenvalue weighted by atomic mass is 9.90. The lowest BCUT2D eigenvalue weighted by Gasteiger charge is -2.23. The molecule has 0 fully saturated rings. The van der Waals surface area contributed by atoms with Crippen LogP contribution in [-0.2, 0) is 16.1 Å². The summed E-state index contributed by atoms with van der Waals surface area (Å²) in [6, 6.07) is 14.6. The molecule has 4 nitrogen and oxygen atoms in total. The van der Waals surface area contributed by atoms with E-state index in [0.717, 1.165) is 11.1 Å². The normalized spacial score (nSPS) is 11.0. The van der Waals surface area contributed by atoms with Crippen LogP contribution in [0.5, 0.6) is 0 Å². The van der Waals surface area contributed by atoms with Crippen LogP contribution in [0.25, 0.3) is 0 Å². The number of benzene rings is 2. The molecule has 0 atom stereocenters. The van der Waals surface area contributed by atoms with Gasteiger partial charge < -0.3 is 10.6 Å². The van der Waals surface area contributed by atoms with Crippen molar-refractivity contribution in [2.24, 2.45) is 5.41 Å². The lowest BCUT2D eigenvalue weighted by Crippen LogP contribution is -2.44. The Kier molecular flexibility index (Phi) is 5.62. The van der Waals surface area contributed by atoms with Gasteiger partial charge >= 0.3 is 0 Å². The van der Waals surface area contributed by atoms with E-state index in [1.54, 1.807) is 38.1 Å². The molecule has 0 aliphatic heterocycles. The molecule has 0 bridgehead atoms. The van der Waals surface area contributed by atoms with Crippen LogP contribution in [0.2, 0.25) is 5.02 Å². The van der Waals surface area contributed by atoms with Crippen LogP contribution in [0.4, 0.5) is 5.69 Å². The zero-order valence-corrected chi connectivity index (χ0v) is 14.8. The van der Waals surface area contributed by atoms with Crippen LogP contribution in [0, 0.1) is 12.3 Å². The fourth-order valence-corrected chi connectivity index (χ4v) is 2.28. The predicted molar refractivity (Wildman–Crippen MR) is 96.9 cm³/mol. The average molecular weight is 345 g/mol. The molecule has 0 unspecified atom stereocenters. The van der Waals surface area contributed by atoms with Crippen LogP contribution >= 0.6 is 11.6 Å². The summed E-state index contributed by atoms with van der Waals surface area (Å²) in [7, 11) is 0. The number of rotatable bonds is 5. The van der Waals surface area contributed by atoms with Crippen molar-refractivity contribution in [3.05, 3.63) is 64.7 Å². The largest absolute Gasteiger partial charge is 0.351 e. The van der Waals surface area contributed by atoms with Crippen molar-refractivity contribution in [2.75, 3.05) is 5.32 Å². The molecule has 0 aliphatic carbocycles. The summed E-state index contributed by atoms with van der Waals surface area (Å²) in [4.78, 5) is 24.8. The van der Waals surface area contributed by atoms with E-state index in [2.05, 4.69) is 10.6 Å². The number of carbonyl (C=O) groups is 2. The van der Waals surface area contributed by atoms with Gasteiger partial charge in [-0.25, -0.2) is 0 Å². The third-order valence-electron chi connectivity index (χ3n) is 3.77. The van der Waals surface area contributed by atoms with Gasteiger partial charge in [-0.2, -0.15) is 0 Å². The van der Waals surface area contributed by atoms with Gasteiger partial charge in [0, 0.05) is 17.3 Å². The maximum atomic E-state index is 12.4. The molecule has 0 saturated carbocycles. The highest BCUT2D eigenvalue weighted by molar-refractivity contribution is 6.30. The van der Waals surface area contributed by atoms with Crippen LogP contribution in [0.1, 0.15) is 25.0 Å². The lowest BCUT2D eigenvalue weighted by molar-refractivity contribution is -0.138. The second kappa shape index (κ2) is 7.49. The number of amides is 2. The Balaban J connectivity index is 1.98. The van der Waals surface area contributed by atoms with E-state index in [9.17, 15) is 9.59 Å².